The Morgan fingerprint density at radius 3 is 2.43 bits per heavy atom. The molecule has 0 unspecified atom stereocenters. The standard InChI is InChI=1S/C11H12F2O/c12-11(13,8-9-14)7-6-10-4-2-1-3-5-10/h1-5,9H,6-8H2. The summed E-state index contributed by atoms with van der Waals surface area (Å²) in [5.41, 5.74) is 0.873. The molecule has 1 aromatic carbocycles. The van der Waals surface area contributed by atoms with Crippen LogP contribution in [0.3, 0.4) is 0 Å². The Hall–Kier alpha value is -1.25. The third-order valence-corrected chi connectivity index (χ3v) is 2.00. The highest BCUT2D eigenvalue weighted by molar-refractivity contribution is 5.50. The van der Waals surface area contributed by atoms with E-state index in [0.717, 1.165) is 5.56 Å². The second-order valence-electron chi connectivity index (χ2n) is 3.21. The SMILES string of the molecule is O=CCC(F)(F)CCc1ccccc1. The lowest BCUT2D eigenvalue weighted by Crippen LogP contribution is -2.17. The smallest absolute Gasteiger partial charge is 0.255 e. The molecular formula is C11H12F2O. The molecule has 0 atom stereocenters. The summed E-state index contributed by atoms with van der Waals surface area (Å²) in [7, 11) is 0. The van der Waals surface area contributed by atoms with E-state index < -0.39 is 12.3 Å². The van der Waals surface area contributed by atoms with Gasteiger partial charge < -0.3 is 4.79 Å². The maximum absolute atomic E-state index is 12.9. The molecule has 1 rings (SSSR count). The van der Waals surface area contributed by atoms with Crippen LogP contribution in [0.1, 0.15) is 18.4 Å². The zero-order chi connectivity index (χ0) is 10.4. The fourth-order valence-corrected chi connectivity index (χ4v) is 1.20. The normalized spacial score (nSPS) is 11.3. The zero-order valence-corrected chi connectivity index (χ0v) is 7.75. The van der Waals surface area contributed by atoms with Crippen molar-refractivity contribution in [3.05, 3.63) is 35.9 Å². The van der Waals surface area contributed by atoms with Gasteiger partial charge in [-0.15, -0.1) is 0 Å². The zero-order valence-electron chi connectivity index (χ0n) is 7.75. The number of carbonyl (C=O) groups excluding carboxylic acids is 1. The van der Waals surface area contributed by atoms with E-state index in [1.807, 2.05) is 18.2 Å². The molecule has 0 amide bonds. The molecule has 0 aliphatic rings. The molecule has 0 heterocycles. The first kappa shape index (κ1) is 10.8. The molecule has 0 spiro atoms. The molecule has 0 bridgehead atoms. The highest BCUT2D eigenvalue weighted by Gasteiger charge is 2.27. The minimum Gasteiger partial charge on any atom is -0.303 e. The van der Waals surface area contributed by atoms with Crippen molar-refractivity contribution in [3.8, 4) is 0 Å². The molecular weight excluding hydrogens is 186 g/mol. The highest BCUT2D eigenvalue weighted by atomic mass is 19.3. The minimum atomic E-state index is -2.86. The van der Waals surface area contributed by atoms with Crippen molar-refractivity contribution in [2.75, 3.05) is 0 Å². The minimum absolute atomic E-state index is 0.268. The van der Waals surface area contributed by atoms with Crippen LogP contribution >= 0.6 is 0 Å². The number of aryl methyl sites for hydroxylation is 1. The van der Waals surface area contributed by atoms with E-state index in [1.165, 1.54) is 0 Å². The number of hydrogen-bond donors (Lipinski definition) is 0. The van der Waals surface area contributed by atoms with Crippen LogP contribution in [0.15, 0.2) is 30.3 Å². The van der Waals surface area contributed by atoms with Crippen LogP contribution in [0.5, 0.6) is 0 Å². The van der Waals surface area contributed by atoms with Gasteiger partial charge in [-0.2, -0.15) is 0 Å². The van der Waals surface area contributed by atoms with E-state index in [2.05, 4.69) is 0 Å². The lowest BCUT2D eigenvalue weighted by Gasteiger charge is -2.12. The van der Waals surface area contributed by atoms with E-state index in [1.54, 1.807) is 12.1 Å². The number of rotatable bonds is 5. The van der Waals surface area contributed by atoms with Crippen LogP contribution in [0.25, 0.3) is 0 Å². The molecule has 0 N–H and O–H groups in total. The summed E-state index contributed by atoms with van der Waals surface area (Å²) < 4.78 is 25.8. The quantitative estimate of drug-likeness (QED) is 0.665. The lowest BCUT2D eigenvalue weighted by molar-refractivity contribution is -0.114. The molecule has 76 valence electrons. The summed E-state index contributed by atoms with van der Waals surface area (Å²) in [5.74, 6) is -2.86. The molecule has 0 radical (unpaired) electrons. The van der Waals surface area contributed by atoms with Crippen LogP contribution in [0.2, 0.25) is 0 Å². The van der Waals surface area contributed by atoms with E-state index >= 15 is 0 Å². The second kappa shape index (κ2) is 4.84. The number of benzene rings is 1. The predicted molar refractivity (Wildman–Crippen MR) is 50.4 cm³/mol. The van der Waals surface area contributed by atoms with Crippen molar-refractivity contribution in [1.29, 1.82) is 0 Å². The van der Waals surface area contributed by atoms with Gasteiger partial charge in [0, 0.05) is 6.42 Å². The van der Waals surface area contributed by atoms with Gasteiger partial charge in [-0.1, -0.05) is 30.3 Å². The van der Waals surface area contributed by atoms with Gasteiger partial charge in [0.1, 0.15) is 6.29 Å². The van der Waals surface area contributed by atoms with Gasteiger partial charge in [0.05, 0.1) is 6.42 Å². The fourth-order valence-electron chi connectivity index (χ4n) is 1.20. The predicted octanol–water partition coefficient (Wildman–Crippen LogP) is 2.84. The molecule has 0 fully saturated rings. The Balaban J connectivity index is 2.44. The first-order valence-electron chi connectivity index (χ1n) is 4.49. The largest absolute Gasteiger partial charge is 0.303 e. The topological polar surface area (TPSA) is 17.1 Å². The van der Waals surface area contributed by atoms with Crippen LogP contribution < -0.4 is 0 Å². The molecule has 0 saturated heterocycles. The second-order valence-corrected chi connectivity index (χ2v) is 3.21. The molecule has 1 aromatic rings. The molecule has 3 heteroatoms. The van der Waals surface area contributed by atoms with Crippen LogP contribution in [0.4, 0.5) is 8.78 Å². The number of hydrogen-bond acceptors (Lipinski definition) is 1. The molecule has 0 aliphatic heterocycles. The summed E-state index contributed by atoms with van der Waals surface area (Å²) in [5, 5.41) is 0. The van der Waals surface area contributed by atoms with Crippen molar-refractivity contribution < 1.29 is 13.6 Å². The van der Waals surface area contributed by atoms with Gasteiger partial charge in [0.15, 0.2) is 0 Å². The summed E-state index contributed by atoms with van der Waals surface area (Å²) in [4.78, 5) is 9.95. The van der Waals surface area contributed by atoms with Crippen molar-refractivity contribution in [1.82, 2.24) is 0 Å². The number of halogens is 2. The summed E-state index contributed by atoms with van der Waals surface area (Å²) in [6.45, 7) is 0. The molecule has 0 aliphatic carbocycles. The fraction of sp³-hybridized carbons (Fsp3) is 0.364. The van der Waals surface area contributed by atoms with Crippen LogP contribution in [-0.4, -0.2) is 12.2 Å². The number of alkyl halides is 2. The Kier molecular flexibility index (Phi) is 3.74. The lowest BCUT2D eigenvalue weighted by atomic mass is 10.0. The number of aldehydes is 1. The Labute approximate surface area is 81.7 Å². The molecule has 1 nitrogen and oxygen atoms in total. The van der Waals surface area contributed by atoms with Gasteiger partial charge in [0.25, 0.3) is 5.92 Å². The summed E-state index contributed by atoms with van der Waals surface area (Å²) >= 11 is 0. The van der Waals surface area contributed by atoms with Gasteiger partial charge in [-0.3, -0.25) is 0 Å². The Bertz CT molecular complexity index is 283. The van der Waals surface area contributed by atoms with E-state index in [0.29, 0.717) is 6.42 Å². The average molecular weight is 198 g/mol. The van der Waals surface area contributed by atoms with Gasteiger partial charge in [-0.25, -0.2) is 8.78 Å². The van der Waals surface area contributed by atoms with Gasteiger partial charge in [-0.05, 0) is 12.0 Å². The van der Waals surface area contributed by atoms with Crippen molar-refractivity contribution in [3.63, 3.8) is 0 Å². The summed E-state index contributed by atoms with van der Waals surface area (Å²) in [6.07, 6.45) is -0.373. The maximum atomic E-state index is 12.9. The van der Waals surface area contributed by atoms with Crippen molar-refractivity contribution >= 4 is 6.29 Å². The van der Waals surface area contributed by atoms with Gasteiger partial charge in [0.2, 0.25) is 0 Å². The van der Waals surface area contributed by atoms with Crippen molar-refractivity contribution in [2.45, 2.75) is 25.2 Å². The van der Waals surface area contributed by atoms with E-state index in [9.17, 15) is 13.6 Å². The maximum Gasteiger partial charge on any atom is 0.255 e. The Morgan fingerprint density at radius 1 is 1.21 bits per heavy atom. The number of carbonyl (C=O) groups is 1. The third-order valence-electron chi connectivity index (χ3n) is 2.00. The van der Waals surface area contributed by atoms with Crippen molar-refractivity contribution in [2.24, 2.45) is 0 Å². The summed E-state index contributed by atoms with van der Waals surface area (Å²) in [6, 6.07) is 9.07. The average Bonchev–Trinajstić information content (AvgIpc) is 2.17. The van der Waals surface area contributed by atoms with E-state index in [4.69, 9.17) is 0 Å². The Morgan fingerprint density at radius 2 is 1.86 bits per heavy atom. The first-order valence-corrected chi connectivity index (χ1v) is 4.49. The first-order chi connectivity index (χ1) is 6.64. The molecule has 0 saturated carbocycles. The van der Waals surface area contributed by atoms with Crippen LogP contribution in [0, 0.1) is 0 Å². The molecule has 14 heavy (non-hydrogen) atoms. The third kappa shape index (κ3) is 3.64. The highest BCUT2D eigenvalue weighted by Crippen LogP contribution is 2.23. The van der Waals surface area contributed by atoms with Gasteiger partial charge >= 0.3 is 0 Å². The van der Waals surface area contributed by atoms with E-state index in [-0.39, 0.29) is 12.7 Å². The monoisotopic (exact) mass is 198 g/mol. The van der Waals surface area contributed by atoms with Crippen LogP contribution in [-0.2, 0) is 11.2 Å². The molecule has 0 aromatic heterocycles.